The first-order valence-corrected chi connectivity index (χ1v) is 7.17. The van der Waals surface area contributed by atoms with Gasteiger partial charge in [-0.05, 0) is 31.0 Å². The van der Waals surface area contributed by atoms with E-state index in [1.807, 2.05) is 36.1 Å². The number of aryl methyl sites for hydroxylation is 3. The van der Waals surface area contributed by atoms with E-state index < -0.39 is 0 Å². The minimum Gasteiger partial charge on any atom is -0.334 e. The van der Waals surface area contributed by atoms with Crippen molar-refractivity contribution in [3.05, 3.63) is 71.3 Å². The summed E-state index contributed by atoms with van der Waals surface area (Å²) in [6.07, 6.45) is 3.76. The molecule has 0 aliphatic rings. The maximum Gasteiger partial charge on any atom is 0.187 e. The van der Waals surface area contributed by atoms with Crippen molar-refractivity contribution in [2.75, 3.05) is 0 Å². The van der Waals surface area contributed by atoms with Gasteiger partial charge in [-0.2, -0.15) is 0 Å². The normalized spacial score (nSPS) is 10.5. The molecule has 108 valence electrons. The summed E-state index contributed by atoms with van der Waals surface area (Å²) in [6, 6.07) is 12.3. The second kappa shape index (κ2) is 5.50. The highest BCUT2D eigenvalue weighted by Gasteiger charge is 2.10. The maximum absolute atomic E-state index is 7.18. The highest BCUT2D eigenvalue weighted by molar-refractivity contribution is 5.77. The molecule has 3 heteroatoms. The van der Waals surface area contributed by atoms with Gasteiger partial charge in [0.2, 0.25) is 0 Å². The lowest BCUT2D eigenvalue weighted by Gasteiger charge is -2.12. The third-order valence-corrected chi connectivity index (χ3v) is 3.88. The van der Waals surface area contributed by atoms with E-state index in [9.17, 15) is 0 Å². The molecule has 0 saturated carbocycles. The monoisotopic (exact) mass is 287 g/mol. The van der Waals surface area contributed by atoms with Gasteiger partial charge in [0.05, 0.1) is 6.57 Å². The topological polar surface area (TPSA) is 22.2 Å². The smallest absolute Gasteiger partial charge is 0.187 e. The van der Waals surface area contributed by atoms with Crippen LogP contribution in [0.15, 0.2) is 48.8 Å². The molecule has 0 unspecified atom stereocenters. The van der Waals surface area contributed by atoms with Crippen LogP contribution in [0.2, 0.25) is 0 Å². The average molecular weight is 287 g/mol. The van der Waals surface area contributed by atoms with Gasteiger partial charge >= 0.3 is 0 Å². The fourth-order valence-electron chi connectivity index (χ4n) is 2.92. The number of hydrogen-bond donors (Lipinski definition) is 0. The second-order valence-corrected chi connectivity index (χ2v) is 5.51. The van der Waals surface area contributed by atoms with Crippen LogP contribution < -0.4 is 0 Å². The van der Waals surface area contributed by atoms with Gasteiger partial charge in [-0.25, -0.2) is 9.83 Å². The Labute approximate surface area is 130 Å². The van der Waals surface area contributed by atoms with Crippen LogP contribution in [-0.4, -0.2) is 9.55 Å². The number of benzene rings is 2. The van der Waals surface area contributed by atoms with Crippen molar-refractivity contribution in [3.63, 3.8) is 0 Å². The first-order chi connectivity index (χ1) is 10.6. The quantitative estimate of drug-likeness (QED) is 0.613. The number of rotatable bonds is 2. The number of hydrogen-bond acceptors (Lipinski definition) is 1. The Morgan fingerprint density at radius 2 is 1.73 bits per heavy atom. The fourth-order valence-corrected chi connectivity index (χ4v) is 2.92. The summed E-state index contributed by atoms with van der Waals surface area (Å²) in [5.74, 6) is 0.954. The summed E-state index contributed by atoms with van der Waals surface area (Å²) in [5, 5.41) is 0. The molecule has 0 radical (unpaired) electrons. The molecule has 3 aromatic rings. The standard InChI is InChI=1S/C19H17N3/c1-13-10-17(20-3)11-14(2)18(13)15-6-5-7-16(12-15)19-21-8-9-22(19)4/h5-12H,1-2,4H3. The molecular weight excluding hydrogens is 270 g/mol. The minimum absolute atomic E-state index is 0.694. The summed E-state index contributed by atoms with van der Waals surface area (Å²) in [4.78, 5) is 7.95. The first-order valence-electron chi connectivity index (χ1n) is 7.17. The molecule has 0 aliphatic carbocycles. The highest BCUT2D eigenvalue weighted by Crippen LogP contribution is 2.33. The van der Waals surface area contributed by atoms with Crippen LogP contribution >= 0.6 is 0 Å². The van der Waals surface area contributed by atoms with Gasteiger partial charge in [0, 0.05) is 25.0 Å². The Balaban J connectivity index is 2.15. The SMILES string of the molecule is [C-]#[N+]c1cc(C)c(-c2cccc(-c3nccn3C)c2)c(C)c1. The molecule has 1 aromatic heterocycles. The van der Waals surface area contributed by atoms with Gasteiger partial charge in [0.15, 0.2) is 5.69 Å². The van der Waals surface area contributed by atoms with Crippen molar-refractivity contribution in [3.8, 4) is 22.5 Å². The van der Waals surface area contributed by atoms with E-state index in [-0.39, 0.29) is 0 Å². The molecule has 0 amide bonds. The molecule has 3 rings (SSSR count). The van der Waals surface area contributed by atoms with Crippen molar-refractivity contribution in [2.45, 2.75) is 13.8 Å². The van der Waals surface area contributed by atoms with Crippen molar-refractivity contribution in [2.24, 2.45) is 7.05 Å². The van der Waals surface area contributed by atoms with Crippen LogP contribution in [0, 0.1) is 20.4 Å². The molecule has 1 heterocycles. The Morgan fingerprint density at radius 1 is 1.05 bits per heavy atom. The van der Waals surface area contributed by atoms with E-state index in [0.29, 0.717) is 5.69 Å². The fraction of sp³-hybridized carbons (Fsp3) is 0.158. The number of imidazole rings is 1. The third kappa shape index (κ3) is 2.40. The van der Waals surface area contributed by atoms with E-state index in [0.717, 1.165) is 28.1 Å². The zero-order valence-corrected chi connectivity index (χ0v) is 13.0. The molecule has 0 atom stereocenters. The van der Waals surface area contributed by atoms with E-state index in [1.54, 1.807) is 0 Å². The van der Waals surface area contributed by atoms with Crippen LogP contribution in [0.25, 0.3) is 27.4 Å². The molecule has 3 nitrogen and oxygen atoms in total. The van der Waals surface area contributed by atoms with E-state index in [2.05, 4.69) is 47.9 Å². The molecular formula is C19H17N3. The second-order valence-electron chi connectivity index (χ2n) is 5.51. The summed E-state index contributed by atoms with van der Waals surface area (Å²) in [7, 11) is 2.00. The van der Waals surface area contributed by atoms with Crippen molar-refractivity contribution in [1.82, 2.24) is 9.55 Å². The predicted octanol–water partition coefficient (Wildman–Crippen LogP) is 4.92. The zero-order valence-electron chi connectivity index (χ0n) is 13.0. The summed E-state index contributed by atoms with van der Waals surface area (Å²) >= 11 is 0. The summed E-state index contributed by atoms with van der Waals surface area (Å²) < 4.78 is 2.01. The van der Waals surface area contributed by atoms with Crippen molar-refractivity contribution in [1.29, 1.82) is 0 Å². The highest BCUT2D eigenvalue weighted by atomic mass is 15.0. The molecule has 0 aliphatic heterocycles. The van der Waals surface area contributed by atoms with Gasteiger partial charge in [-0.1, -0.05) is 41.5 Å². The average Bonchev–Trinajstić information content (AvgIpc) is 2.93. The predicted molar refractivity (Wildman–Crippen MR) is 89.8 cm³/mol. The lowest BCUT2D eigenvalue weighted by atomic mass is 9.94. The Kier molecular flexibility index (Phi) is 3.52. The van der Waals surface area contributed by atoms with E-state index in [1.165, 1.54) is 5.56 Å². The van der Waals surface area contributed by atoms with Crippen molar-refractivity contribution >= 4 is 5.69 Å². The van der Waals surface area contributed by atoms with Crippen LogP contribution in [-0.2, 0) is 7.05 Å². The minimum atomic E-state index is 0.694. The van der Waals surface area contributed by atoms with E-state index in [4.69, 9.17) is 6.57 Å². The Hall–Kier alpha value is -2.86. The summed E-state index contributed by atoms with van der Waals surface area (Å²) in [6.45, 7) is 11.3. The van der Waals surface area contributed by atoms with Gasteiger partial charge in [0.1, 0.15) is 5.82 Å². The maximum atomic E-state index is 7.18. The number of nitrogens with zero attached hydrogens (tertiary/aromatic N) is 3. The number of aromatic nitrogens is 2. The van der Waals surface area contributed by atoms with Gasteiger partial charge in [-0.15, -0.1) is 0 Å². The summed E-state index contributed by atoms with van der Waals surface area (Å²) in [5.41, 5.74) is 6.40. The Bertz CT molecular complexity index is 859. The lowest BCUT2D eigenvalue weighted by Crippen LogP contribution is -1.93. The largest absolute Gasteiger partial charge is 0.334 e. The van der Waals surface area contributed by atoms with Gasteiger partial charge < -0.3 is 4.57 Å². The third-order valence-electron chi connectivity index (χ3n) is 3.88. The van der Waals surface area contributed by atoms with E-state index >= 15 is 0 Å². The molecule has 0 bridgehead atoms. The van der Waals surface area contributed by atoms with Gasteiger partial charge in [-0.3, -0.25) is 0 Å². The first kappa shape index (κ1) is 14.1. The molecule has 0 N–H and O–H groups in total. The Morgan fingerprint density at radius 3 is 2.32 bits per heavy atom. The molecule has 22 heavy (non-hydrogen) atoms. The molecule has 0 spiro atoms. The molecule has 0 saturated heterocycles. The van der Waals surface area contributed by atoms with Crippen molar-refractivity contribution < 1.29 is 0 Å². The zero-order chi connectivity index (χ0) is 15.7. The van der Waals surface area contributed by atoms with Crippen LogP contribution in [0.5, 0.6) is 0 Å². The van der Waals surface area contributed by atoms with Crippen LogP contribution in [0.1, 0.15) is 11.1 Å². The van der Waals surface area contributed by atoms with Crippen LogP contribution in [0.3, 0.4) is 0 Å². The van der Waals surface area contributed by atoms with Crippen LogP contribution in [0.4, 0.5) is 5.69 Å². The lowest BCUT2D eigenvalue weighted by molar-refractivity contribution is 0.925. The molecule has 0 fully saturated rings. The van der Waals surface area contributed by atoms with Gasteiger partial charge in [0.25, 0.3) is 0 Å². The molecule has 2 aromatic carbocycles.